The van der Waals surface area contributed by atoms with Gasteiger partial charge in [-0.05, 0) is 6.92 Å². The highest BCUT2D eigenvalue weighted by Crippen LogP contribution is 2.35. The molecule has 0 aliphatic heterocycles. The third-order valence-electron chi connectivity index (χ3n) is 2.79. The van der Waals surface area contributed by atoms with Gasteiger partial charge in [0.2, 0.25) is 0 Å². The van der Waals surface area contributed by atoms with Crippen molar-refractivity contribution in [2.24, 2.45) is 0 Å². The van der Waals surface area contributed by atoms with Crippen molar-refractivity contribution in [3.05, 3.63) is 71.3 Å². The number of hydrogen-bond acceptors (Lipinski definition) is 1. The molecule has 0 unspecified atom stereocenters. The fraction of sp³-hybridized carbons (Fsp3) is 0.133. The number of benzene rings is 2. The molecule has 0 saturated carbocycles. The highest BCUT2D eigenvalue weighted by atomic mass is 19.3. The first kappa shape index (κ1) is 12.4. The summed E-state index contributed by atoms with van der Waals surface area (Å²) in [6.45, 7) is 1.41. The number of ketones is 1. The van der Waals surface area contributed by atoms with E-state index in [4.69, 9.17) is 0 Å². The summed E-state index contributed by atoms with van der Waals surface area (Å²) in [7, 11) is 0. The molecule has 0 aliphatic rings. The summed E-state index contributed by atoms with van der Waals surface area (Å²) in [6.07, 6.45) is 0. The summed E-state index contributed by atoms with van der Waals surface area (Å²) in [5.41, 5.74) is 0.266. The van der Waals surface area contributed by atoms with Gasteiger partial charge < -0.3 is 0 Å². The zero-order valence-electron chi connectivity index (χ0n) is 9.86. The Hall–Kier alpha value is -2.03. The van der Waals surface area contributed by atoms with Crippen molar-refractivity contribution >= 4 is 5.78 Å². The molecule has 1 nitrogen and oxygen atoms in total. The van der Waals surface area contributed by atoms with Crippen LogP contribution >= 0.6 is 0 Å². The normalized spacial score (nSPS) is 11.3. The van der Waals surface area contributed by atoms with Crippen molar-refractivity contribution in [1.29, 1.82) is 0 Å². The molecule has 2 aromatic carbocycles. The first-order valence-corrected chi connectivity index (χ1v) is 5.56. The van der Waals surface area contributed by atoms with E-state index in [9.17, 15) is 13.6 Å². The molecule has 0 amide bonds. The van der Waals surface area contributed by atoms with E-state index < -0.39 is 5.92 Å². The van der Waals surface area contributed by atoms with Crippen molar-refractivity contribution in [3.63, 3.8) is 0 Å². The number of carbonyl (C=O) groups is 1. The van der Waals surface area contributed by atoms with Gasteiger partial charge in [0.1, 0.15) is 0 Å². The number of carbonyl (C=O) groups excluding carboxylic acids is 1. The zero-order valence-corrected chi connectivity index (χ0v) is 9.86. The number of rotatable bonds is 3. The molecule has 2 aromatic rings. The third-order valence-corrected chi connectivity index (χ3v) is 2.79. The lowest BCUT2D eigenvalue weighted by atomic mass is 9.99. The SMILES string of the molecule is CC(=O)c1ccc(C(F)(F)c2ccccc2)cc1. The summed E-state index contributed by atoms with van der Waals surface area (Å²) >= 11 is 0. The average Bonchev–Trinajstić information content (AvgIpc) is 2.40. The van der Waals surface area contributed by atoms with E-state index in [1.54, 1.807) is 18.2 Å². The molecule has 92 valence electrons. The van der Waals surface area contributed by atoms with Crippen LogP contribution in [0.1, 0.15) is 28.4 Å². The van der Waals surface area contributed by atoms with Gasteiger partial charge >= 0.3 is 0 Å². The Morgan fingerprint density at radius 1 is 0.889 bits per heavy atom. The monoisotopic (exact) mass is 246 g/mol. The molecule has 0 bridgehead atoms. The molecular weight excluding hydrogens is 234 g/mol. The molecule has 0 fully saturated rings. The first-order chi connectivity index (χ1) is 8.51. The molecule has 0 atom stereocenters. The van der Waals surface area contributed by atoms with Gasteiger partial charge in [0.15, 0.2) is 5.78 Å². The van der Waals surface area contributed by atoms with Gasteiger partial charge in [-0.1, -0.05) is 54.6 Å². The highest BCUT2D eigenvalue weighted by Gasteiger charge is 2.33. The molecule has 0 radical (unpaired) electrons. The maximum atomic E-state index is 14.1. The van der Waals surface area contributed by atoms with E-state index in [1.807, 2.05) is 0 Å². The van der Waals surface area contributed by atoms with E-state index >= 15 is 0 Å². The van der Waals surface area contributed by atoms with Crippen molar-refractivity contribution < 1.29 is 13.6 Å². The minimum atomic E-state index is -3.05. The van der Waals surface area contributed by atoms with Crippen molar-refractivity contribution in [2.45, 2.75) is 12.8 Å². The summed E-state index contributed by atoms with van der Waals surface area (Å²) in [6, 6.07) is 13.1. The number of halogens is 2. The second-order valence-corrected chi connectivity index (χ2v) is 4.07. The molecule has 0 saturated heterocycles. The minimum Gasteiger partial charge on any atom is -0.295 e. The summed E-state index contributed by atoms with van der Waals surface area (Å²) in [4.78, 5) is 11.1. The van der Waals surface area contributed by atoms with Gasteiger partial charge in [-0.15, -0.1) is 0 Å². The van der Waals surface area contributed by atoms with Crippen LogP contribution < -0.4 is 0 Å². The molecule has 0 heterocycles. The van der Waals surface area contributed by atoms with Gasteiger partial charge in [-0.2, -0.15) is 8.78 Å². The third kappa shape index (κ3) is 2.30. The minimum absolute atomic E-state index is 0.0550. The molecule has 0 aromatic heterocycles. The van der Waals surface area contributed by atoms with E-state index in [-0.39, 0.29) is 16.9 Å². The van der Waals surface area contributed by atoms with Crippen LogP contribution in [0.25, 0.3) is 0 Å². The fourth-order valence-electron chi connectivity index (χ4n) is 1.73. The lowest BCUT2D eigenvalue weighted by Crippen LogP contribution is -2.15. The Labute approximate surface area is 104 Å². The smallest absolute Gasteiger partial charge is 0.295 e. The molecule has 0 spiro atoms. The summed E-state index contributed by atoms with van der Waals surface area (Å²) in [5, 5.41) is 0. The van der Waals surface area contributed by atoms with Gasteiger partial charge in [-0.25, -0.2) is 0 Å². The number of Topliss-reactive ketones (excluding diaryl/α,β-unsaturated/α-hetero) is 1. The molecule has 0 aliphatic carbocycles. The van der Waals surface area contributed by atoms with Gasteiger partial charge in [0.25, 0.3) is 5.92 Å². The number of hydrogen-bond donors (Lipinski definition) is 0. The van der Waals surface area contributed by atoms with E-state index in [0.29, 0.717) is 5.56 Å². The fourth-order valence-corrected chi connectivity index (χ4v) is 1.73. The van der Waals surface area contributed by atoms with Crippen LogP contribution in [0.4, 0.5) is 8.78 Å². The molecule has 18 heavy (non-hydrogen) atoms. The van der Waals surface area contributed by atoms with Crippen LogP contribution in [0.5, 0.6) is 0 Å². The Morgan fingerprint density at radius 3 is 1.89 bits per heavy atom. The van der Waals surface area contributed by atoms with Crippen LogP contribution in [-0.4, -0.2) is 5.78 Å². The maximum absolute atomic E-state index is 14.1. The Kier molecular flexibility index (Phi) is 3.24. The standard InChI is InChI=1S/C15H12F2O/c1-11(18)12-7-9-14(10-8-12)15(16,17)13-5-3-2-4-6-13/h2-10H,1H3. The van der Waals surface area contributed by atoms with E-state index in [1.165, 1.54) is 43.3 Å². The summed E-state index contributed by atoms with van der Waals surface area (Å²) in [5.74, 6) is -3.18. The Balaban J connectivity index is 2.39. The van der Waals surface area contributed by atoms with Crippen LogP contribution in [0.15, 0.2) is 54.6 Å². The largest absolute Gasteiger partial charge is 0.298 e. The van der Waals surface area contributed by atoms with Crippen LogP contribution in [0, 0.1) is 0 Å². The van der Waals surface area contributed by atoms with Crippen molar-refractivity contribution in [1.82, 2.24) is 0 Å². The molecule has 0 N–H and O–H groups in total. The maximum Gasteiger partial charge on any atom is 0.298 e. The zero-order chi connectivity index (χ0) is 13.2. The van der Waals surface area contributed by atoms with Gasteiger partial charge in [0.05, 0.1) is 0 Å². The molecular formula is C15H12F2O. The second kappa shape index (κ2) is 4.69. The van der Waals surface area contributed by atoms with E-state index in [0.717, 1.165) is 0 Å². The predicted octanol–water partition coefficient (Wildman–Crippen LogP) is 4.03. The average molecular weight is 246 g/mol. The van der Waals surface area contributed by atoms with Crippen molar-refractivity contribution in [2.75, 3.05) is 0 Å². The molecule has 3 heteroatoms. The predicted molar refractivity (Wildman–Crippen MR) is 65.9 cm³/mol. The number of alkyl halides is 2. The quantitative estimate of drug-likeness (QED) is 0.747. The Morgan fingerprint density at radius 2 is 1.39 bits per heavy atom. The lowest BCUT2D eigenvalue weighted by Gasteiger charge is -2.17. The van der Waals surface area contributed by atoms with Crippen LogP contribution in [0.3, 0.4) is 0 Å². The topological polar surface area (TPSA) is 17.1 Å². The van der Waals surface area contributed by atoms with Crippen molar-refractivity contribution in [3.8, 4) is 0 Å². The van der Waals surface area contributed by atoms with E-state index in [2.05, 4.69) is 0 Å². The summed E-state index contributed by atoms with van der Waals surface area (Å²) < 4.78 is 28.3. The second-order valence-electron chi connectivity index (χ2n) is 4.07. The van der Waals surface area contributed by atoms with Crippen LogP contribution in [0.2, 0.25) is 0 Å². The van der Waals surface area contributed by atoms with Gasteiger partial charge in [-0.3, -0.25) is 4.79 Å². The molecule has 2 rings (SSSR count). The highest BCUT2D eigenvalue weighted by molar-refractivity contribution is 5.94. The van der Waals surface area contributed by atoms with Crippen LogP contribution in [-0.2, 0) is 5.92 Å². The van der Waals surface area contributed by atoms with Gasteiger partial charge in [0, 0.05) is 16.7 Å². The first-order valence-electron chi connectivity index (χ1n) is 5.56. The Bertz CT molecular complexity index is 544. The lowest BCUT2D eigenvalue weighted by molar-refractivity contribution is 0.0428.